The van der Waals surface area contributed by atoms with E-state index >= 15 is 0 Å². The van der Waals surface area contributed by atoms with Crippen molar-refractivity contribution >= 4 is 41.7 Å². The van der Waals surface area contributed by atoms with Crippen molar-refractivity contribution in [2.75, 3.05) is 13.7 Å². The molecule has 2 saturated heterocycles. The highest BCUT2D eigenvalue weighted by molar-refractivity contribution is 5.82. The second-order valence-electron chi connectivity index (χ2n) is 9.71. The van der Waals surface area contributed by atoms with E-state index in [9.17, 15) is 51.8 Å². The second-order valence-corrected chi connectivity index (χ2v) is 9.71. The summed E-state index contributed by atoms with van der Waals surface area (Å²) in [4.78, 5) is 84.3. The number of halogens is 3. The molecule has 1 amide bonds. The molecule has 0 bridgehead atoms. The molecule has 2 aliphatic heterocycles. The Bertz CT molecular complexity index is 1180. The summed E-state index contributed by atoms with van der Waals surface area (Å²) in [6.45, 7) is 3.64. The van der Waals surface area contributed by atoms with Crippen LogP contribution in [0.5, 0.6) is 0 Å². The van der Waals surface area contributed by atoms with Gasteiger partial charge >= 0.3 is 47.9 Å². The molecule has 0 spiro atoms. The summed E-state index contributed by atoms with van der Waals surface area (Å²) >= 11 is 0. The van der Waals surface area contributed by atoms with E-state index in [1.807, 2.05) is 0 Å². The second kappa shape index (κ2) is 16.0. The van der Waals surface area contributed by atoms with Gasteiger partial charge in [-0.15, -0.1) is 0 Å². The van der Waals surface area contributed by atoms with Crippen LogP contribution in [0.25, 0.3) is 0 Å². The lowest BCUT2D eigenvalue weighted by Gasteiger charge is -2.48. The third-order valence-corrected chi connectivity index (χ3v) is 6.10. The Morgan fingerprint density at radius 3 is 1.70 bits per heavy atom. The molecular formula is C25H32F3NO17. The van der Waals surface area contributed by atoms with E-state index in [-0.39, 0.29) is 0 Å². The van der Waals surface area contributed by atoms with Gasteiger partial charge in [0.15, 0.2) is 43.1 Å². The number of nitrogens with one attached hydrogen (secondary N) is 1. The number of hydrogen-bond donors (Lipinski definition) is 2. The number of amides is 1. The summed E-state index contributed by atoms with van der Waals surface area (Å²) in [6.07, 6.45) is -23.6. The van der Waals surface area contributed by atoms with Crippen molar-refractivity contribution < 1.29 is 94.5 Å². The first-order valence-electron chi connectivity index (χ1n) is 13.2. The van der Waals surface area contributed by atoms with Crippen LogP contribution in [0.1, 0.15) is 34.6 Å². The first-order chi connectivity index (χ1) is 21.3. The first kappa shape index (κ1) is 38.1. The van der Waals surface area contributed by atoms with Crippen LogP contribution in [0.15, 0.2) is 0 Å². The van der Waals surface area contributed by atoms with E-state index < -0.39 is 116 Å². The highest BCUT2D eigenvalue weighted by atomic mass is 19.4. The van der Waals surface area contributed by atoms with Crippen LogP contribution in [0.3, 0.4) is 0 Å². The van der Waals surface area contributed by atoms with Gasteiger partial charge in [-0.25, -0.2) is 4.79 Å². The van der Waals surface area contributed by atoms with Crippen LogP contribution in [-0.2, 0) is 76.2 Å². The van der Waals surface area contributed by atoms with E-state index in [1.165, 1.54) is 5.32 Å². The van der Waals surface area contributed by atoms with Crippen molar-refractivity contribution in [3.63, 3.8) is 0 Å². The highest BCUT2D eigenvalue weighted by Crippen LogP contribution is 2.34. The molecule has 0 aromatic carbocycles. The SMILES string of the molecule is COC(=O)[C@H]1O[C@H](O)[C@H](OC(C)=O)[C@@H](OC(C)=O)[C@@H]1O[C@H]1O[C@H](COC(C)=O)[C@@H](OC(C)=O)[C@H](OC(C)=O)[C@H]1NC(=O)C(F)(F)F. The van der Waals surface area contributed by atoms with Crippen LogP contribution in [0.4, 0.5) is 13.2 Å². The maximum absolute atomic E-state index is 13.4. The predicted octanol–water partition coefficient (Wildman–Crippen LogP) is -1.68. The lowest BCUT2D eigenvalue weighted by molar-refractivity contribution is -0.338. The molecule has 0 aromatic rings. The quantitative estimate of drug-likeness (QED) is 0.194. The van der Waals surface area contributed by atoms with Gasteiger partial charge in [-0.05, 0) is 0 Å². The molecule has 2 fully saturated rings. The van der Waals surface area contributed by atoms with Crippen molar-refractivity contribution in [3.8, 4) is 0 Å². The third-order valence-electron chi connectivity index (χ3n) is 6.10. The fourth-order valence-corrected chi connectivity index (χ4v) is 4.48. The fraction of sp³-hybridized carbons (Fsp3) is 0.720. The van der Waals surface area contributed by atoms with Gasteiger partial charge in [-0.1, -0.05) is 0 Å². The van der Waals surface area contributed by atoms with E-state index in [1.54, 1.807) is 0 Å². The van der Waals surface area contributed by atoms with Crippen LogP contribution in [-0.4, -0.2) is 128 Å². The van der Waals surface area contributed by atoms with Crippen molar-refractivity contribution in [2.24, 2.45) is 0 Å². The molecule has 0 aliphatic carbocycles. The molecule has 21 heteroatoms. The summed E-state index contributed by atoms with van der Waals surface area (Å²) in [5.74, 6) is -9.21. The molecule has 0 radical (unpaired) electrons. The maximum Gasteiger partial charge on any atom is 0.471 e. The number of alkyl halides is 3. The molecule has 0 unspecified atom stereocenters. The molecule has 18 nitrogen and oxygen atoms in total. The van der Waals surface area contributed by atoms with Crippen molar-refractivity contribution in [2.45, 2.75) is 102 Å². The Morgan fingerprint density at radius 2 is 1.22 bits per heavy atom. The van der Waals surface area contributed by atoms with Gasteiger partial charge < -0.3 is 53.1 Å². The number of methoxy groups -OCH3 is 1. The topological polar surface area (TPSA) is 235 Å². The molecule has 0 aromatic heterocycles. The average molecular weight is 676 g/mol. The zero-order valence-electron chi connectivity index (χ0n) is 25.1. The third kappa shape index (κ3) is 10.2. The fourth-order valence-electron chi connectivity index (χ4n) is 4.48. The van der Waals surface area contributed by atoms with Crippen LogP contribution in [0, 0.1) is 0 Å². The highest BCUT2D eigenvalue weighted by Gasteiger charge is 2.58. The lowest BCUT2D eigenvalue weighted by atomic mass is 9.94. The van der Waals surface area contributed by atoms with E-state index in [0.717, 1.165) is 41.7 Å². The number of rotatable bonds is 10. The Labute approximate surface area is 257 Å². The monoisotopic (exact) mass is 675 g/mol. The van der Waals surface area contributed by atoms with Crippen LogP contribution in [0.2, 0.25) is 0 Å². The van der Waals surface area contributed by atoms with Gasteiger partial charge in [-0.2, -0.15) is 13.2 Å². The molecule has 260 valence electrons. The predicted molar refractivity (Wildman–Crippen MR) is 133 cm³/mol. The van der Waals surface area contributed by atoms with E-state index in [2.05, 4.69) is 4.74 Å². The van der Waals surface area contributed by atoms with Gasteiger partial charge in [-0.3, -0.25) is 28.8 Å². The normalized spacial score (nSPS) is 31.0. The molecule has 2 rings (SSSR count). The summed E-state index contributed by atoms with van der Waals surface area (Å²) in [6, 6.07) is -2.24. The van der Waals surface area contributed by atoms with Crippen molar-refractivity contribution in [1.29, 1.82) is 0 Å². The van der Waals surface area contributed by atoms with E-state index in [0.29, 0.717) is 0 Å². The molecule has 0 saturated carbocycles. The van der Waals surface area contributed by atoms with Crippen LogP contribution < -0.4 is 5.32 Å². The standard InChI is InChI=1S/C25H32F3NO17/c1-8(30)39-7-13-15(40-9(2)31)16(41-10(3)32)14(29-24(37)25(26,27)28)23(44-13)46-18-17(42-11(4)33)20(43-12(5)34)22(36)45-19(18)21(35)38-6/h13-20,22-23,36H,7H2,1-6H3,(H,29,37)/t13-,14-,15-,16-,17+,18+,19+,20-,22+,23-/m1/s1. The minimum Gasteiger partial charge on any atom is -0.467 e. The van der Waals surface area contributed by atoms with Gasteiger partial charge in [0.2, 0.25) is 0 Å². The largest absolute Gasteiger partial charge is 0.471 e. The number of esters is 6. The van der Waals surface area contributed by atoms with Crippen LogP contribution >= 0.6 is 0 Å². The Balaban J connectivity index is 2.77. The molecule has 46 heavy (non-hydrogen) atoms. The average Bonchev–Trinajstić information content (AvgIpc) is 2.91. The Hall–Kier alpha value is -4.08. The lowest BCUT2D eigenvalue weighted by Crippen LogP contribution is -2.70. The molecule has 2 heterocycles. The number of carbonyl (C=O) groups excluding carboxylic acids is 7. The van der Waals surface area contributed by atoms with Gasteiger partial charge in [0, 0.05) is 34.6 Å². The number of ether oxygens (including phenoxy) is 9. The van der Waals surface area contributed by atoms with Gasteiger partial charge in [0.25, 0.3) is 0 Å². The smallest absolute Gasteiger partial charge is 0.467 e. The number of aliphatic hydroxyl groups excluding tert-OH is 1. The molecular weight excluding hydrogens is 643 g/mol. The Kier molecular flexibility index (Phi) is 13.2. The molecule has 10 atom stereocenters. The summed E-state index contributed by atoms with van der Waals surface area (Å²) in [5.41, 5.74) is 0. The zero-order valence-corrected chi connectivity index (χ0v) is 25.1. The summed E-state index contributed by atoms with van der Waals surface area (Å²) in [7, 11) is 0.868. The van der Waals surface area contributed by atoms with Crippen molar-refractivity contribution in [1.82, 2.24) is 5.32 Å². The van der Waals surface area contributed by atoms with Gasteiger partial charge in [0.1, 0.15) is 24.9 Å². The number of hydrogen-bond acceptors (Lipinski definition) is 17. The minimum atomic E-state index is -5.55. The van der Waals surface area contributed by atoms with E-state index in [4.69, 9.17) is 37.9 Å². The summed E-state index contributed by atoms with van der Waals surface area (Å²) < 4.78 is 87.0. The molecule has 2 N–H and O–H groups in total. The first-order valence-corrected chi connectivity index (χ1v) is 13.2. The minimum absolute atomic E-state index is 0.797. The molecule has 2 aliphatic rings. The van der Waals surface area contributed by atoms with Crippen molar-refractivity contribution in [3.05, 3.63) is 0 Å². The Morgan fingerprint density at radius 1 is 0.717 bits per heavy atom. The number of aliphatic hydroxyl groups is 1. The summed E-state index contributed by atoms with van der Waals surface area (Å²) in [5, 5.41) is 12.0. The maximum atomic E-state index is 13.4. The zero-order chi connectivity index (χ0) is 35.1. The van der Waals surface area contributed by atoms with Gasteiger partial charge in [0.05, 0.1) is 7.11 Å². The number of carbonyl (C=O) groups is 7.